The molecular formula is C23H28ClN3O4S. The van der Waals surface area contributed by atoms with E-state index in [1.165, 1.54) is 10.4 Å². The van der Waals surface area contributed by atoms with Crippen LogP contribution >= 0.6 is 11.6 Å². The molecule has 3 rings (SSSR count). The Hall–Kier alpha value is -2.42. The van der Waals surface area contributed by atoms with Crippen LogP contribution in [0.2, 0.25) is 5.02 Å². The molecule has 2 N–H and O–H groups in total. The van der Waals surface area contributed by atoms with E-state index >= 15 is 0 Å². The summed E-state index contributed by atoms with van der Waals surface area (Å²) in [6, 6.07) is 11.3. The Bertz CT molecular complexity index is 1100. The number of carbonyl (C=O) groups is 2. The number of aryl methyl sites for hydroxylation is 1. The van der Waals surface area contributed by atoms with Crippen LogP contribution in [0.4, 0.5) is 0 Å². The molecule has 1 saturated heterocycles. The zero-order valence-electron chi connectivity index (χ0n) is 18.2. The molecule has 172 valence electrons. The Balaban J connectivity index is 1.63. The summed E-state index contributed by atoms with van der Waals surface area (Å²) >= 11 is 6.01. The van der Waals surface area contributed by atoms with Crippen LogP contribution in [0.1, 0.15) is 52.5 Å². The molecule has 0 aromatic heterocycles. The second kappa shape index (κ2) is 10.5. The molecule has 7 nitrogen and oxygen atoms in total. The highest BCUT2D eigenvalue weighted by atomic mass is 35.5. The third-order valence-electron chi connectivity index (χ3n) is 5.62. The van der Waals surface area contributed by atoms with Crippen molar-refractivity contribution in [2.45, 2.75) is 44.0 Å². The number of carbonyl (C=O) groups excluding carboxylic acids is 2. The lowest BCUT2D eigenvalue weighted by Crippen LogP contribution is -2.42. The van der Waals surface area contributed by atoms with Crippen molar-refractivity contribution in [3.8, 4) is 0 Å². The van der Waals surface area contributed by atoms with E-state index < -0.39 is 15.9 Å². The van der Waals surface area contributed by atoms with Crippen LogP contribution in [0.25, 0.3) is 0 Å². The van der Waals surface area contributed by atoms with Crippen LogP contribution in [0.5, 0.6) is 0 Å². The predicted molar refractivity (Wildman–Crippen MR) is 125 cm³/mol. The summed E-state index contributed by atoms with van der Waals surface area (Å²) in [5.74, 6) is -0.719. The van der Waals surface area contributed by atoms with Crippen molar-refractivity contribution >= 4 is 33.4 Å². The Morgan fingerprint density at radius 3 is 2.34 bits per heavy atom. The average Bonchev–Trinajstić information content (AvgIpc) is 2.77. The van der Waals surface area contributed by atoms with Gasteiger partial charge in [-0.05, 0) is 56.5 Å². The van der Waals surface area contributed by atoms with Gasteiger partial charge in [-0.15, -0.1) is 0 Å². The number of rotatable bonds is 7. The molecule has 32 heavy (non-hydrogen) atoms. The molecule has 1 unspecified atom stereocenters. The third kappa shape index (κ3) is 5.49. The molecule has 0 saturated carbocycles. The summed E-state index contributed by atoms with van der Waals surface area (Å²) in [6.45, 7) is 4.56. The molecule has 1 aliphatic rings. The molecular weight excluding hydrogens is 450 g/mol. The Morgan fingerprint density at radius 1 is 1.03 bits per heavy atom. The Labute approximate surface area is 194 Å². The van der Waals surface area contributed by atoms with Crippen LogP contribution in [0.15, 0.2) is 47.4 Å². The average molecular weight is 478 g/mol. The van der Waals surface area contributed by atoms with Gasteiger partial charge in [0.15, 0.2) is 0 Å². The van der Waals surface area contributed by atoms with Crippen molar-refractivity contribution in [1.82, 2.24) is 14.9 Å². The van der Waals surface area contributed by atoms with Crippen molar-refractivity contribution < 1.29 is 18.0 Å². The fourth-order valence-corrected chi connectivity index (χ4v) is 5.71. The number of sulfonamides is 1. The Kier molecular flexibility index (Phi) is 7.92. The van der Waals surface area contributed by atoms with Crippen LogP contribution in [0, 0.1) is 6.92 Å². The molecule has 9 heteroatoms. The third-order valence-corrected chi connectivity index (χ3v) is 7.96. The topological polar surface area (TPSA) is 95.6 Å². The second-order valence-electron chi connectivity index (χ2n) is 7.93. The maximum absolute atomic E-state index is 13.1. The molecule has 1 atom stereocenters. The van der Waals surface area contributed by atoms with Crippen molar-refractivity contribution in [3.63, 3.8) is 0 Å². The summed E-state index contributed by atoms with van der Waals surface area (Å²) < 4.78 is 27.8. The van der Waals surface area contributed by atoms with Gasteiger partial charge >= 0.3 is 0 Å². The molecule has 2 amide bonds. The minimum Gasteiger partial charge on any atom is -0.350 e. The normalized spacial score (nSPS) is 17.0. The zero-order valence-corrected chi connectivity index (χ0v) is 19.8. The lowest BCUT2D eigenvalue weighted by atomic mass is 10.1. The molecule has 0 spiro atoms. The maximum atomic E-state index is 13.1. The second-order valence-corrected chi connectivity index (χ2v) is 10.2. The van der Waals surface area contributed by atoms with Gasteiger partial charge in [0.1, 0.15) is 0 Å². The standard InChI is InChI=1S/C23H28ClN3O4S/c1-16-10-11-18(32(30,31)27-14-6-5-7-17(27)2)15-20(16)23(29)26-13-12-25-22(28)19-8-3-4-9-21(19)24/h3-4,8-11,15,17H,5-7,12-14H2,1-2H3,(H,25,28)(H,26,29). The van der Waals surface area contributed by atoms with E-state index in [0.717, 1.165) is 19.3 Å². The SMILES string of the molecule is Cc1ccc(S(=O)(=O)N2CCCCC2C)cc1C(=O)NCCNC(=O)c1ccccc1Cl. The number of amides is 2. The Morgan fingerprint density at radius 2 is 1.69 bits per heavy atom. The summed E-state index contributed by atoms with van der Waals surface area (Å²) in [5, 5.41) is 5.79. The highest BCUT2D eigenvalue weighted by Gasteiger charge is 2.31. The van der Waals surface area contributed by atoms with Crippen LogP contribution < -0.4 is 10.6 Å². The number of halogens is 1. The highest BCUT2D eigenvalue weighted by Crippen LogP contribution is 2.26. The van der Waals surface area contributed by atoms with Crippen LogP contribution in [-0.4, -0.2) is 50.2 Å². The van der Waals surface area contributed by atoms with Gasteiger partial charge in [-0.1, -0.05) is 36.2 Å². The molecule has 2 aromatic carbocycles. The van der Waals surface area contributed by atoms with Crippen molar-refractivity contribution in [1.29, 1.82) is 0 Å². The zero-order chi connectivity index (χ0) is 23.3. The highest BCUT2D eigenvalue weighted by molar-refractivity contribution is 7.89. The summed E-state index contributed by atoms with van der Waals surface area (Å²) in [5.41, 5.74) is 1.34. The summed E-state index contributed by atoms with van der Waals surface area (Å²) in [6.07, 6.45) is 2.68. The first-order valence-electron chi connectivity index (χ1n) is 10.6. The number of benzene rings is 2. The molecule has 0 radical (unpaired) electrons. The monoisotopic (exact) mass is 477 g/mol. The van der Waals surface area contributed by atoms with E-state index in [4.69, 9.17) is 11.6 Å². The number of hydrogen-bond acceptors (Lipinski definition) is 4. The van der Waals surface area contributed by atoms with Gasteiger partial charge in [-0.25, -0.2) is 8.42 Å². The van der Waals surface area contributed by atoms with Crippen molar-refractivity contribution in [2.24, 2.45) is 0 Å². The first kappa shape index (κ1) is 24.2. The van der Waals surface area contributed by atoms with Gasteiger partial charge in [0.05, 0.1) is 15.5 Å². The number of piperidine rings is 1. The first-order chi connectivity index (χ1) is 15.2. The molecule has 1 fully saturated rings. The van der Waals surface area contributed by atoms with E-state index in [0.29, 0.717) is 28.3 Å². The minimum atomic E-state index is -3.67. The number of nitrogens with one attached hydrogen (secondary N) is 2. The summed E-state index contributed by atoms with van der Waals surface area (Å²) in [4.78, 5) is 25.0. The first-order valence-corrected chi connectivity index (χ1v) is 12.5. The molecule has 1 heterocycles. The fourth-order valence-electron chi connectivity index (χ4n) is 3.76. The quantitative estimate of drug-likeness (QED) is 0.597. The molecule has 1 aliphatic heterocycles. The van der Waals surface area contributed by atoms with E-state index in [2.05, 4.69) is 10.6 Å². The van der Waals surface area contributed by atoms with Gasteiger partial charge in [-0.3, -0.25) is 9.59 Å². The van der Waals surface area contributed by atoms with Gasteiger partial charge < -0.3 is 10.6 Å². The number of nitrogens with zero attached hydrogens (tertiary/aromatic N) is 1. The number of hydrogen-bond donors (Lipinski definition) is 2. The smallest absolute Gasteiger partial charge is 0.252 e. The lowest BCUT2D eigenvalue weighted by molar-refractivity contribution is 0.0927. The van der Waals surface area contributed by atoms with Crippen LogP contribution in [0.3, 0.4) is 0 Å². The van der Waals surface area contributed by atoms with Crippen molar-refractivity contribution in [2.75, 3.05) is 19.6 Å². The van der Waals surface area contributed by atoms with E-state index in [9.17, 15) is 18.0 Å². The van der Waals surface area contributed by atoms with E-state index in [-0.39, 0.29) is 29.9 Å². The predicted octanol–water partition coefficient (Wildman–Crippen LogP) is 3.37. The van der Waals surface area contributed by atoms with E-state index in [1.54, 1.807) is 43.3 Å². The maximum Gasteiger partial charge on any atom is 0.252 e. The van der Waals surface area contributed by atoms with Gasteiger partial charge in [0, 0.05) is 31.2 Å². The van der Waals surface area contributed by atoms with Crippen LogP contribution in [-0.2, 0) is 10.0 Å². The fraction of sp³-hybridized carbons (Fsp3) is 0.391. The van der Waals surface area contributed by atoms with Gasteiger partial charge in [0.2, 0.25) is 10.0 Å². The molecule has 0 aliphatic carbocycles. The van der Waals surface area contributed by atoms with E-state index in [1.807, 2.05) is 6.92 Å². The van der Waals surface area contributed by atoms with Gasteiger partial charge in [0.25, 0.3) is 11.8 Å². The minimum absolute atomic E-state index is 0.0611. The molecule has 0 bridgehead atoms. The lowest BCUT2D eigenvalue weighted by Gasteiger charge is -2.32. The van der Waals surface area contributed by atoms with Crippen molar-refractivity contribution in [3.05, 3.63) is 64.2 Å². The summed E-state index contributed by atoms with van der Waals surface area (Å²) in [7, 11) is -3.67. The largest absolute Gasteiger partial charge is 0.350 e. The van der Waals surface area contributed by atoms with Gasteiger partial charge in [-0.2, -0.15) is 4.31 Å². The molecule has 2 aromatic rings.